The van der Waals surface area contributed by atoms with Crippen LogP contribution in [-0.2, 0) is 0 Å². The Morgan fingerprint density at radius 1 is 1.29 bits per heavy atom. The van der Waals surface area contributed by atoms with Gasteiger partial charge in [-0.2, -0.15) is 5.10 Å². The number of hydrazone groups is 1. The minimum Gasteiger partial charge on any atom is -0.266 e. The molecule has 0 bridgehead atoms. The van der Waals surface area contributed by atoms with Crippen LogP contribution < -0.4 is 5.43 Å². The zero-order valence-electron chi connectivity index (χ0n) is 10.5. The minimum absolute atomic E-state index is 0.329. The molecule has 0 atom stereocenters. The molecule has 0 aliphatic heterocycles. The maximum Gasteiger partial charge on any atom is 0.283 e. The molecule has 3 rings (SSSR count). The topological polar surface area (TPSA) is 41.5 Å². The highest BCUT2D eigenvalue weighted by molar-refractivity contribution is 7.21. The highest BCUT2D eigenvalue weighted by Gasteiger charge is 2.16. The molecule has 0 saturated heterocycles. The van der Waals surface area contributed by atoms with Crippen LogP contribution in [0.4, 0.5) is 0 Å². The summed E-state index contributed by atoms with van der Waals surface area (Å²) >= 11 is 15.0. The molecule has 2 aromatic heterocycles. The van der Waals surface area contributed by atoms with E-state index in [1.54, 1.807) is 29.7 Å². The Labute approximate surface area is 138 Å². The van der Waals surface area contributed by atoms with Crippen LogP contribution in [0.3, 0.4) is 0 Å². The molecule has 0 spiro atoms. The number of nitrogens with one attached hydrogen (secondary N) is 1. The van der Waals surface area contributed by atoms with E-state index < -0.39 is 0 Å². The average molecular weight is 355 g/mol. The number of halogens is 2. The molecule has 0 unspecified atom stereocenters. The lowest BCUT2D eigenvalue weighted by atomic mass is 10.2. The number of nitrogens with zero attached hydrogens (tertiary/aromatic N) is 1. The predicted molar refractivity (Wildman–Crippen MR) is 91.2 cm³/mol. The van der Waals surface area contributed by atoms with E-state index in [4.69, 9.17) is 23.2 Å². The van der Waals surface area contributed by atoms with Gasteiger partial charge in [-0.1, -0.05) is 35.3 Å². The molecule has 7 heteroatoms. The molecule has 0 aliphatic carbocycles. The van der Waals surface area contributed by atoms with Gasteiger partial charge in [-0.05, 0) is 23.6 Å². The first-order valence-electron chi connectivity index (χ1n) is 5.89. The first-order chi connectivity index (χ1) is 10.1. The van der Waals surface area contributed by atoms with Gasteiger partial charge in [0.1, 0.15) is 4.88 Å². The number of carbonyl (C=O) groups excluding carboxylic acids is 1. The van der Waals surface area contributed by atoms with Crippen molar-refractivity contribution in [1.29, 1.82) is 0 Å². The van der Waals surface area contributed by atoms with E-state index in [-0.39, 0.29) is 5.91 Å². The van der Waals surface area contributed by atoms with Gasteiger partial charge in [0.2, 0.25) is 0 Å². The second-order valence-corrected chi connectivity index (χ2v) is 6.95. The van der Waals surface area contributed by atoms with E-state index in [1.165, 1.54) is 11.3 Å². The standard InChI is InChI=1S/C14H8Cl2N2OS2/c15-8-3-4-10-11(6-8)21-13(12(10)16)14(19)18-17-7-9-2-1-5-20-9/h1-7H,(H,18,19). The number of hydrogen-bond donors (Lipinski definition) is 1. The van der Waals surface area contributed by atoms with Crippen molar-refractivity contribution in [2.24, 2.45) is 5.10 Å². The van der Waals surface area contributed by atoms with Crippen molar-refractivity contribution in [3.05, 3.63) is 55.5 Å². The van der Waals surface area contributed by atoms with Crippen LogP contribution in [0, 0.1) is 0 Å². The van der Waals surface area contributed by atoms with E-state index in [0.29, 0.717) is 14.9 Å². The van der Waals surface area contributed by atoms with Crippen molar-refractivity contribution >= 4 is 68.1 Å². The summed E-state index contributed by atoms with van der Waals surface area (Å²) in [5.74, 6) is -0.329. The first-order valence-corrected chi connectivity index (χ1v) is 8.35. The number of carbonyl (C=O) groups is 1. The lowest BCUT2D eigenvalue weighted by molar-refractivity contribution is 0.0959. The number of hydrogen-bond acceptors (Lipinski definition) is 4. The maximum atomic E-state index is 12.1. The van der Waals surface area contributed by atoms with Gasteiger partial charge in [-0.15, -0.1) is 22.7 Å². The van der Waals surface area contributed by atoms with Crippen LogP contribution in [0.25, 0.3) is 10.1 Å². The zero-order chi connectivity index (χ0) is 14.8. The summed E-state index contributed by atoms with van der Waals surface area (Å²) in [6.07, 6.45) is 1.60. The van der Waals surface area contributed by atoms with Gasteiger partial charge in [-0.25, -0.2) is 5.43 Å². The third kappa shape index (κ3) is 3.11. The fourth-order valence-corrected chi connectivity index (χ4v) is 4.02. The summed E-state index contributed by atoms with van der Waals surface area (Å²) in [5, 5.41) is 7.73. The van der Waals surface area contributed by atoms with Gasteiger partial charge < -0.3 is 0 Å². The van der Waals surface area contributed by atoms with E-state index in [9.17, 15) is 4.79 Å². The Hall–Kier alpha value is -1.40. The van der Waals surface area contributed by atoms with E-state index >= 15 is 0 Å². The van der Waals surface area contributed by atoms with Crippen LogP contribution in [0.15, 0.2) is 40.8 Å². The highest BCUT2D eigenvalue weighted by Crippen LogP contribution is 2.36. The number of benzene rings is 1. The molecule has 1 amide bonds. The Morgan fingerprint density at radius 3 is 2.90 bits per heavy atom. The largest absolute Gasteiger partial charge is 0.283 e. The third-order valence-electron chi connectivity index (χ3n) is 2.70. The number of fused-ring (bicyclic) bond motifs is 1. The summed E-state index contributed by atoms with van der Waals surface area (Å²) < 4.78 is 0.875. The van der Waals surface area contributed by atoms with Gasteiger partial charge >= 0.3 is 0 Å². The average Bonchev–Trinajstić information content (AvgIpc) is 3.07. The van der Waals surface area contributed by atoms with Crippen LogP contribution in [0.1, 0.15) is 14.5 Å². The van der Waals surface area contributed by atoms with Crippen LogP contribution >= 0.6 is 45.9 Å². The zero-order valence-corrected chi connectivity index (χ0v) is 13.6. The van der Waals surface area contributed by atoms with E-state index in [2.05, 4.69) is 10.5 Å². The van der Waals surface area contributed by atoms with E-state index in [1.807, 2.05) is 23.6 Å². The van der Waals surface area contributed by atoms with Crippen molar-refractivity contribution in [2.45, 2.75) is 0 Å². The second kappa shape index (κ2) is 6.15. The number of thiophene rings is 2. The van der Waals surface area contributed by atoms with Crippen LogP contribution in [0.2, 0.25) is 10.0 Å². The highest BCUT2D eigenvalue weighted by atomic mass is 35.5. The summed E-state index contributed by atoms with van der Waals surface area (Å²) in [6.45, 7) is 0. The molecular weight excluding hydrogens is 347 g/mol. The molecule has 1 N–H and O–H groups in total. The number of amides is 1. The molecule has 1 aromatic carbocycles. The summed E-state index contributed by atoms with van der Waals surface area (Å²) in [7, 11) is 0. The lowest BCUT2D eigenvalue weighted by Crippen LogP contribution is -2.16. The maximum absolute atomic E-state index is 12.1. The van der Waals surface area contributed by atoms with Gasteiger partial charge in [0.15, 0.2) is 0 Å². The Morgan fingerprint density at radius 2 is 2.14 bits per heavy atom. The molecular formula is C14H8Cl2N2OS2. The molecule has 3 nitrogen and oxygen atoms in total. The fourth-order valence-electron chi connectivity index (χ4n) is 1.76. The predicted octanol–water partition coefficient (Wildman–Crippen LogP) is 5.03. The smallest absolute Gasteiger partial charge is 0.266 e. The monoisotopic (exact) mass is 354 g/mol. The molecule has 0 aliphatic rings. The first kappa shape index (κ1) is 14.5. The van der Waals surface area contributed by atoms with Gasteiger partial charge in [0.05, 0.1) is 11.2 Å². The molecule has 106 valence electrons. The van der Waals surface area contributed by atoms with Gasteiger partial charge in [-0.3, -0.25) is 4.79 Å². The second-order valence-electron chi connectivity index (χ2n) is 4.10. The SMILES string of the molecule is O=C(NN=Cc1cccs1)c1sc2cc(Cl)ccc2c1Cl. The summed E-state index contributed by atoms with van der Waals surface area (Å²) in [4.78, 5) is 13.5. The Bertz CT molecular complexity index is 825. The minimum atomic E-state index is -0.329. The molecule has 0 saturated carbocycles. The quantitative estimate of drug-likeness (QED) is 0.519. The van der Waals surface area contributed by atoms with Crippen molar-refractivity contribution in [3.63, 3.8) is 0 Å². The Balaban J connectivity index is 1.83. The molecule has 3 aromatic rings. The van der Waals surface area contributed by atoms with Crippen molar-refractivity contribution in [3.8, 4) is 0 Å². The third-order valence-corrected chi connectivity index (χ3v) is 5.40. The Kier molecular flexibility index (Phi) is 4.26. The van der Waals surface area contributed by atoms with E-state index in [0.717, 1.165) is 15.0 Å². The van der Waals surface area contributed by atoms with Gasteiger partial charge in [0.25, 0.3) is 5.91 Å². The lowest BCUT2D eigenvalue weighted by Gasteiger charge is -1.96. The molecule has 0 radical (unpaired) electrons. The molecule has 0 fully saturated rings. The molecule has 21 heavy (non-hydrogen) atoms. The van der Waals surface area contributed by atoms with Crippen molar-refractivity contribution < 1.29 is 4.79 Å². The van der Waals surface area contributed by atoms with Gasteiger partial charge in [0, 0.05) is 20.0 Å². The summed E-state index contributed by atoms with van der Waals surface area (Å²) in [5.41, 5.74) is 2.48. The van der Waals surface area contributed by atoms with Crippen molar-refractivity contribution in [2.75, 3.05) is 0 Å². The van der Waals surface area contributed by atoms with Crippen molar-refractivity contribution in [1.82, 2.24) is 5.43 Å². The van der Waals surface area contributed by atoms with Crippen LogP contribution in [0.5, 0.6) is 0 Å². The number of rotatable bonds is 3. The normalized spacial score (nSPS) is 11.3. The summed E-state index contributed by atoms with van der Waals surface area (Å²) in [6, 6.07) is 9.18. The fraction of sp³-hybridized carbons (Fsp3) is 0. The van der Waals surface area contributed by atoms with Crippen LogP contribution in [-0.4, -0.2) is 12.1 Å². The molecule has 2 heterocycles.